The van der Waals surface area contributed by atoms with Crippen LogP contribution in [-0.4, -0.2) is 0 Å². The lowest BCUT2D eigenvalue weighted by Gasteiger charge is -2.28. The van der Waals surface area contributed by atoms with Crippen molar-refractivity contribution in [3.8, 4) is 33.4 Å². The molecule has 9 aromatic carbocycles. The van der Waals surface area contributed by atoms with Gasteiger partial charge in [-0.05, 0) is 91.0 Å². The van der Waals surface area contributed by atoms with Gasteiger partial charge in [-0.15, -0.1) is 0 Å². The van der Waals surface area contributed by atoms with Crippen LogP contribution < -0.4 is 4.90 Å². The van der Waals surface area contributed by atoms with Crippen molar-refractivity contribution in [2.45, 2.75) is 19.3 Å². The summed E-state index contributed by atoms with van der Waals surface area (Å²) in [6.45, 7) is 4.70. The maximum atomic E-state index is 7.33. The smallest absolute Gasteiger partial charge is 0.160 e. The summed E-state index contributed by atoms with van der Waals surface area (Å²) < 4.78 is 7.33. The van der Waals surface area contributed by atoms with Crippen LogP contribution in [0, 0.1) is 0 Å². The Morgan fingerprint density at radius 1 is 0.382 bits per heavy atom. The van der Waals surface area contributed by atoms with Crippen LogP contribution in [0.15, 0.2) is 192 Å². The minimum absolute atomic E-state index is 0.144. The van der Waals surface area contributed by atoms with Crippen molar-refractivity contribution >= 4 is 60.5 Å². The van der Waals surface area contributed by atoms with Crippen molar-refractivity contribution in [2.24, 2.45) is 0 Å². The highest BCUT2D eigenvalue weighted by Crippen LogP contribution is 2.53. The minimum Gasteiger partial charge on any atom is -0.453 e. The van der Waals surface area contributed by atoms with Gasteiger partial charge in [-0.2, -0.15) is 0 Å². The summed E-state index contributed by atoms with van der Waals surface area (Å²) in [5.74, 6) is 0. The van der Waals surface area contributed by atoms with E-state index in [1.54, 1.807) is 0 Å². The van der Waals surface area contributed by atoms with Gasteiger partial charge in [0.25, 0.3) is 0 Å². The zero-order chi connectivity index (χ0) is 36.7. The van der Waals surface area contributed by atoms with Gasteiger partial charge in [0.15, 0.2) is 5.58 Å². The van der Waals surface area contributed by atoms with E-state index < -0.39 is 0 Å². The van der Waals surface area contributed by atoms with Crippen molar-refractivity contribution in [3.05, 3.63) is 199 Å². The number of fused-ring (bicyclic) bond motifs is 11. The highest BCUT2D eigenvalue weighted by atomic mass is 16.3. The number of anilines is 3. The molecule has 0 N–H and O–H groups in total. The molecular formula is C53H37NO. The minimum atomic E-state index is -0.144. The molecular weight excluding hydrogens is 667 g/mol. The van der Waals surface area contributed by atoms with E-state index >= 15 is 0 Å². The molecule has 2 heteroatoms. The van der Waals surface area contributed by atoms with Crippen LogP contribution in [0.2, 0.25) is 0 Å². The molecule has 0 saturated heterocycles. The third-order valence-corrected chi connectivity index (χ3v) is 11.9. The standard InChI is InChI=1S/C53H37NO/c1-53(2)46-24-14-13-21-42(46)43-30-29-38(33-47(43)53)54(37-27-25-35(26-28-37)34-15-5-3-6-16-34)48-32-31-39(36-17-7-4-8-18-36)49-50-44-22-11-9-19-40(44)41-20-10-12-23-45(41)51(50)55-52(48)49/h3-33H,1-2H3. The summed E-state index contributed by atoms with van der Waals surface area (Å²) >= 11 is 0. The molecule has 2 nitrogen and oxygen atoms in total. The second-order valence-electron chi connectivity index (χ2n) is 15.2. The normalized spacial score (nSPS) is 13.1. The fourth-order valence-electron chi connectivity index (χ4n) is 9.21. The molecule has 1 aromatic heterocycles. The van der Waals surface area contributed by atoms with E-state index in [1.807, 2.05) is 0 Å². The Labute approximate surface area is 320 Å². The lowest BCUT2D eigenvalue weighted by atomic mass is 9.82. The summed E-state index contributed by atoms with van der Waals surface area (Å²) in [6.07, 6.45) is 0. The summed E-state index contributed by atoms with van der Waals surface area (Å²) in [6, 6.07) is 68.2. The number of furan rings is 1. The predicted octanol–water partition coefficient (Wildman–Crippen LogP) is 15.0. The average molecular weight is 704 g/mol. The maximum absolute atomic E-state index is 7.33. The van der Waals surface area contributed by atoms with Crippen molar-refractivity contribution in [2.75, 3.05) is 4.90 Å². The van der Waals surface area contributed by atoms with Gasteiger partial charge in [-0.25, -0.2) is 0 Å². The number of benzene rings is 9. The van der Waals surface area contributed by atoms with Crippen molar-refractivity contribution in [1.29, 1.82) is 0 Å². The average Bonchev–Trinajstić information content (AvgIpc) is 3.76. The molecule has 10 aromatic rings. The molecule has 0 bridgehead atoms. The van der Waals surface area contributed by atoms with Crippen LogP contribution in [-0.2, 0) is 5.41 Å². The Bertz CT molecular complexity index is 3100. The first-order chi connectivity index (χ1) is 27.1. The van der Waals surface area contributed by atoms with Gasteiger partial charge < -0.3 is 9.32 Å². The van der Waals surface area contributed by atoms with E-state index in [-0.39, 0.29) is 5.41 Å². The van der Waals surface area contributed by atoms with Crippen molar-refractivity contribution in [1.82, 2.24) is 0 Å². The Morgan fingerprint density at radius 2 is 0.927 bits per heavy atom. The van der Waals surface area contributed by atoms with Crippen LogP contribution in [0.4, 0.5) is 17.1 Å². The highest BCUT2D eigenvalue weighted by molar-refractivity contribution is 6.33. The molecule has 11 rings (SSSR count). The zero-order valence-electron chi connectivity index (χ0n) is 30.8. The third kappa shape index (κ3) is 4.74. The van der Waals surface area contributed by atoms with E-state index in [0.717, 1.165) is 55.5 Å². The van der Waals surface area contributed by atoms with Crippen molar-refractivity contribution in [3.63, 3.8) is 0 Å². The van der Waals surface area contributed by atoms with Gasteiger partial charge >= 0.3 is 0 Å². The summed E-state index contributed by atoms with van der Waals surface area (Å²) in [7, 11) is 0. The number of nitrogens with zero attached hydrogens (tertiary/aromatic N) is 1. The van der Waals surface area contributed by atoms with E-state index in [4.69, 9.17) is 4.42 Å². The van der Waals surface area contributed by atoms with Crippen LogP contribution in [0.25, 0.3) is 76.9 Å². The first-order valence-corrected chi connectivity index (χ1v) is 19.1. The zero-order valence-corrected chi connectivity index (χ0v) is 30.8. The SMILES string of the molecule is CC1(C)c2ccccc2-c2ccc(N(c3ccc(-c4ccccc4)cc3)c3ccc(-c4ccccc4)c4c3oc3c5ccccc5c5ccccc5c34)cc21. The number of hydrogen-bond acceptors (Lipinski definition) is 2. The van der Waals surface area contributed by atoms with E-state index in [2.05, 4.69) is 207 Å². The van der Waals surface area contributed by atoms with Gasteiger partial charge in [-0.3, -0.25) is 0 Å². The van der Waals surface area contributed by atoms with Crippen LogP contribution in [0.1, 0.15) is 25.0 Å². The first-order valence-electron chi connectivity index (χ1n) is 19.1. The molecule has 0 unspecified atom stereocenters. The Hall–Kier alpha value is -6.90. The summed E-state index contributed by atoms with van der Waals surface area (Å²) in [4.78, 5) is 2.40. The Morgan fingerprint density at radius 3 is 1.67 bits per heavy atom. The summed E-state index contributed by atoms with van der Waals surface area (Å²) in [5.41, 5.74) is 14.8. The van der Waals surface area contributed by atoms with Gasteiger partial charge in [-0.1, -0.05) is 172 Å². The van der Waals surface area contributed by atoms with Crippen LogP contribution >= 0.6 is 0 Å². The topological polar surface area (TPSA) is 16.4 Å². The van der Waals surface area contributed by atoms with Crippen molar-refractivity contribution < 1.29 is 4.42 Å². The lowest BCUT2D eigenvalue weighted by Crippen LogP contribution is -2.16. The molecule has 1 heterocycles. The quantitative estimate of drug-likeness (QED) is 0.166. The number of rotatable bonds is 5. The first kappa shape index (κ1) is 31.6. The molecule has 55 heavy (non-hydrogen) atoms. The molecule has 0 spiro atoms. The largest absolute Gasteiger partial charge is 0.453 e. The van der Waals surface area contributed by atoms with E-state index in [1.165, 1.54) is 49.5 Å². The fraction of sp³-hybridized carbons (Fsp3) is 0.0566. The molecule has 1 aliphatic carbocycles. The van der Waals surface area contributed by atoms with Gasteiger partial charge in [0.1, 0.15) is 5.58 Å². The maximum Gasteiger partial charge on any atom is 0.160 e. The highest BCUT2D eigenvalue weighted by Gasteiger charge is 2.36. The fourth-order valence-corrected chi connectivity index (χ4v) is 9.21. The molecule has 1 aliphatic rings. The Balaban J connectivity index is 1.23. The summed E-state index contributed by atoms with van der Waals surface area (Å²) in [5, 5.41) is 7.01. The van der Waals surface area contributed by atoms with Gasteiger partial charge in [0.05, 0.1) is 5.69 Å². The second kappa shape index (κ2) is 12.1. The van der Waals surface area contributed by atoms with Crippen LogP contribution in [0.3, 0.4) is 0 Å². The number of hydrogen-bond donors (Lipinski definition) is 0. The van der Waals surface area contributed by atoms with E-state index in [0.29, 0.717) is 0 Å². The molecule has 0 amide bonds. The predicted molar refractivity (Wildman–Crippen MR) is 232 cm³/mol. The van der Waals surface area contributed by atoms with Gasteiger partial charge in [0, 0.05) is 32.9 Å². The molecule has 0 radical (unpaired) electrons. The molecule has 0 fully saturated rings. The molecule has 0 saturated carbocycles. The third-order valence-electron chi connectivity index (χ3n) is 11.9. The van der Waals surface area contributed by atoms with Crippen LogP contribution in [0.5, 0.6) is 0 Å². The lowest BCUT2D eigenvalue weighted by molar-refractivity contribution is 0.660. The van der Waals surface area contributed by atoms with Gasteiger partial charge in [0.2, 0.25) is 0 Å². The van der Waals surface area contributed by atoms with E-state index in [9.17, 15) is 0 Å². The Kier molecular flexibility index (Phi) is 6.93. The monoisotopic (exact) mass is 703 g/mol. The molecule has 0 atom stereocenters. The second-order valence-corrected chi connectivity index (χ2v) is 15.2. The molecule has 0 aliphatic heterocycles. The molecule has 260 valence electrons.